The SMILES string of the molecule is CCCCc1ccc(C(=O)NCCCSc2ccccn2)cc1.Cl. The number of pyridine rings is 1. The summed E-state index contributed by atoms with van der Waals surface area (Å²) in [5, 5.41) is 4.00. The molecule has 24 heavy (non-hydrogen) atoms. The second kappa shape index (κ2) is 11.9. The molecule has 0 unspecified atom stereocenters. The first-order chi connectivity index (χ1) is 11.3. The third-order valence-corrected chi connectivity index (χ3v) is 4.56. The number of rotatable bonds is 9. The molecule has 0 aliphatic carbocycles. The third-order valence-electron chi connectivity index (χ3n) is 3.53. The van der Waals surface area contributed by atoms with Crippen molar-refractivity contribution in [1.82, 2.24) is 10.3 Å². The molecule has 0 fully saturated rings. The highest BCUT2D eigenvalue weighted by atomic mass is 35.5. The molecule has 0 spiro atoms. The lowest BCUT2D eigenvalue weighted by Gasteiger charge is -2.06. The van der Waals surface area contributed by atoms with Gasteiger partial charge < -0.3 is 5.32 Å². The highest BCUT2D eigenvalue weighted by Crippen LogP contribution is 2.14. The molecule has 0 radical (unpaired) electrons. The summed E-state index contributed by atoms with van der Waals surface area (Å²) in [4.78, 5) is 16.3. The molecule has 1 heterocycles. The predicted octanol–water partition coefficient (Wildman–Crippen LogP) is 4.76. The number of aryl methyl sites for hydroxylation is 1. The van der Waals surface area contributed by atoms with Crippen LogP contribution in [0.15, 0.2) is 53.7 Å². The van der Waals surface area contributed by atoms with Gasteiger partial charge in [-0.05, 0) is 49.1 Å². The number of nitrogens with one attached hydrogen (secondary N) is 1. The molecule has 3 nitrogen and oxygen atoms in total. The van der Waals surface area contributed by atoms with E-state index in [1.807, 2.05) is 30.3 Å². The number of amides is 1. The van der Waals surface area contributed by atoms with Crippen molar-refractivity contribution in [2.45, 2.75) is 37.6 Å². The first kappa shape index (κ1) is 20.5. The molecule has 0 saturated heterocycles. The minimum absolute atomic E-state index is 0. The predicted molar refractivity (Wildman–Crippen MR) is 104 cm³/mol. The van der Waals surface area contributed by atoms with Crippen LogP contribution in [0.2, 0.25) is 0 Å². The molecular weight excluding hydrogens is 340 g/mol. The summed E-state index contributed by atoms with van der Waals surface area (Å²) in [7, 11) is 0. The van der Waals surface area contributed by atoms with E-state index in [0.29, 0.717) is 6.54 Å². The second-order valence-electron chi connectivity index (χ2n) is 5.43. The van der Waals surface area contributed by atoms with Crippen molar-refractivity contribution in [1.29, 1.82) is 0 Å². The number of carbonyl (C=O) groups excluding carboxylic acids is 1. The molecule has 1 N–H and O–H groups in total. The Labute approximate surface area is 155 Å². The van der Waals surface area contributed by atoms with E-state index in [4.69, 9.17) is 0 Å². The van der Waals surface area contributed by atoms with Gasteiger partial charge in [0.25, 0.3) is 5.91 Å². The van der Waals surface area contributed by atoms with Crippen LogP contribution < -0.4 is 5.32 Å². The summed E-state index contributed by atoms with van der Waals surface area (Å²) >= 11 is 1.72. The van der Waals surface area contributed by atoms with E-state index in [9.17, 15) is 4.79 Å². The number of aromatic nitrogens is 1. The number of hydrogen-bond acceptors (Lipinski definition) is 3. The fraction of sp³-hybridized carbons (Fsp3) is 0.368. The summed E-state index contributed by atoms with van der Waals surface area (Å²) < 4.78 is 0. The minimum atomic E-state index is 0. The van der Waals surface area contributed by atoms with Gasteiger partial charge in [-0.25, -0.2) is 4.98 Å². The van der Waals surface area contributed by atoms with E-state index in [0.717, 1.165) is 29.2 Å². The lowest BCUT2D eigenvalue weighted by molar-refractivity contribution is 0.0954. The monoisotopic (exact) mass is 364 g/mol. The van der Waals surface area contributed by atoms with Crippen molar-refractivity contribution in [3.8, 4) is 0 Å². The van der Waals surface area contributed by atoms with Gasteiger partial charge >= 0.3 is 0 Å². The van der Waals surface area contributed by atoms with E-state index < -0.39 is 0 Å². The molecule has 1 amide bonds. The Morgan fingerprint density at radius 3 is 2.58 bits per heavy atom. The van der Waals surface area contributed by atoms with Crippen LogP contribution in [0.3, 0.4) is 0 Å². The first-order valence-corrected chi connectivity index (χ1v) is 9.19. The fourth-order valence-electron chi connectivity index (χ4n) is 2.19. The van der Waals surface area contributed by atoms with Gasteiger partial charge in [-0.1, -0.05) is 31.5 Å². The number of nitrogens with zero attached hydrogens (tertiary/aromatic N) is 1. The van der Waals surface area contributed by atoms with Crippen molar-refractivity contribution < 1.29 is 4.79 Å². The molecule has 0 aliphatic heterocycles. The fourth-order valence-corrected chi connectivity index (χ4v) is 3.00. The van der Waals surface area contributed by atoms with Gasteiger partial charge in [0.05, 0.1) is 5.03 Å². The number of benzene rings is 1. The zero-order valence-corrected chi connectivity index (χ0v) is 15.7. The summed E-state index contributed by atoms with van der Waals surface area (Å²) in [5.74, 6) is 0.961. The first-order valence-electron chi connectivity index (χ1n) is 8.20. The number of carbonyl (C=O) groups is 1. The Kier molecular flexibility index (Phi) is 10.2. The van der Waals surface area contributed by atoms with Crippen molar-refractivity contribution in [3.05, 3.63) is 59.8 Å². The number of hydrogen-bond donors (Lipinski definition) is 1. The molecule has 1 aromatic heterocycles. The maximum Gasteiger partial charge on any atom is 0.251 e. The Hall–Kier alpha value is -1.52. The van der Waals surface area contributed by atoms with Gasteiger partial charge in [0, 0.05) is 24.1 Å². The molecule has 2 aromatic rings. The van der Waals surface area contributed by atoms with Crippen LogP contribution >= 0.6 is 24.2 Å². The van der Waals surface area contributed by atoms with Gasteiger partial charge in [0.2, 0.25) is 0 Å². The van der Waals surface area contributed by atoms with Crippen LogP contribution in [-0.4, -0.2) is 23.2 Å². The average Bonchev–Trinajstić information content (AvgIpc) is 2.61. The zero-order chi connectivity index (χ0) is 16.3. The molecule has 0 aliphatic rings. The average molecular weight is 365 g/mol. The van der Waals surface area contributed by atoms with Gasteiger partial charge in [0.15, 0.2) is 0 Å². The van der Waals surface area contributed by atoms with Crippen molar-refractivity contribution in [2.24, 2.45) is 0 Å². The van der Waals surface area contributed by atoms with E-state index in [-0.39, 0.29) is 18.3 Å². The highest BCUT2D eigenvalue weighted by Gasteiger charge is 2.04. The maximum absolute atomic E-state index is 12.1. The summed E-state index contributed by atoms with van der Waals surface area (Å²) in [5.41, 5.74) is 2.04. The molecule has 1 aromatic carbocycles. The van der Waals surface area contributed by atoms with Crippen LogP contribution in [0.25, 0.3) is 0 Å². The summed E-state index contributed by atoms with van der Waals surface area (Å²) in [6.07, 6.45) is 6.21. The Balaban J connectivity index is 0.00000288. The third kappa shape index (κ3) is 7.37. The normalized spacial score (nSPS) is 10.0. The number of thioether (sulfide) groups is 1. The van der Waals surface area contributed by atoms with Gasteiger partial charge in [-0.15, -0.1) is 24.2 Å². The van der Waals surface area contributed by atoms with Gasteiger partial charge in [-0.2, -0.15) is 0 Å². The Morgan fingerprint density at radius 2 is 1.92 bits per heavy atom. The number of unbranched alkanes of at least 4 members (excludes halogenated alkanes) is 1. The maximum atomic E-state index is 12.1. The topological polar surface area (TPSA) is 42.0 Å². The van der Waals surface area contributed by atoms with E-state index in [1.165, 1.54) is 18.4 Å². The van der Waals surface area contributed by atoms with E-state index in [2.05, 4.69) is 29.4 Å². The Bertz CT molecular complexity index is 590. The van der Waals surface area contributed by atoms with Crippen LogP contribution in [0.1, 0.15) is 42.1 Å². The van der Waals surface area contributed by atoms with Crippen molar-refractivity contribution >= 4 is 30.1 Å². The summed E-state index contributed by atoms with van der Waals surface area (Å²) in [6.45, 7) is 2.88. The quantitative estimate of drug-likeness (QED) is 0.515. The molecular formula is C19H25ClN2OS. The molecule has 0 atom stereocenters. The largest absolute Gasteiger partial charge is 0.352 e. The minimum Gasteiger partial charge on any atom is -0.352 e. The van der Waals surface area contributed by atoms with Crippen molar-refractivity contribution in [2.75, 3.05) is 12.3 Å². The zero-order valence-electron chi connectivity index (χ0n) is 14.0. The van der Waals surface area contributed by atoms with Gasteiger partial charge in [0.1, 0.15) is 0 Å². The Morgan fingerprint density at radius 1 is 1.12 bits per heavy atom. The van der Waals surface area contributed by atoms with Crippen LogP contribution in [0, 0.1) is 0 Å². The van der Waals surface area contributed by atoms with Crippen LogP contribution in [0.5, 0.6) is 0 Å². The number of halogens is 1. The second-order valence-corrected chi connectivity index (χ2v) is 6.54. The summed E-state index contributed by atoms with van der Waals surface area (Å²) in [6, 6.07) is 13.9. The van der Waals surface area contributed by atoms with Gasteiger partial charge in [-0.3, -0.25) is 4.79 Å². The highest BCUT2D eigenvalue weighted by molar-refractivity contribution is 7.99. The standard InChI is InChI=1S/C19H24N2OS.ClH/c1-2-3-7-16-9-11-17(12-10-16)19(22)21-14-6-15-23-18-8-4-5-13-20-18;/h4-5,8-13H,2-3,6-7,14-15H2,1H3,(H,21,22);1H. The molecule has 130 valence electrons. The molecule has 2 rings (SSSR count). The van der Waals surface area contributed by atoms with Crippen LogP contribution in [0.4, 0.5) is 0 Å². The van der Waals surface area contributed by atoms with E-state index >= 15 is 0 Å². The molecule has 5 heteroatoms. The molecule has 0 saturated carbocycles. The molecule has 0 bridgehead atoms. The van der Waals surface area contributed by atoms with Crippen LogP contribution in [-0.2, 0) is 6.42 Å². The van der Waals surface area contributed by atoms with Crippen molar-refractivity contribution in [3.63, 3.8) is 0 Å². The lowest BCUT2D eigenvalue weighted by Crippen LogP contribution is -2.24. The lowest BCUT2D eigenvalue weighted by atomic mass is 10.1. The smallest absolute Gasteiger partial charge is 0.251 e. The van der Waals surface area contributed by atoms with E-state index in [1.54, 1.807) is 18.0 Å².